The highest BCUT2D eigenvalue weighted by atomic mass is 79.9. The van der Waals surface area contributed by atoms with Gasteiger partial charge in [0.15, 0.2) is 0 Å². The second kappa shape index (κ2) is 5.91. The zero-order chi connectivity index (χ0) is 14.9. The van der Waals surface area contributed by atoms with Crippen LogP contribution in [0.15, 0.2) is 53.0 Å². The molecule has 0 aromatic heterocycles. The van der Waals surface area contributed by atoms with Crippen LogP contribution in [0.1, 0.15) is 29.2 Å². The summed E-state index contributed by atoms with van der Waals surface area (Å²) in [5, 5.41) is 11.0. The summed E-state index contributed by atoms with van der Waals surface area (Å²) < 4.78 is 0.948. The minimum Gasteiger partial charge on any atom is -0.388 e. The number of nitrogens with two attached hydrogens (primary N) is 1. The van der Waals surface area contributed by atoms with E-state index in [4.69, 9.17) is 5.73 Å². The molecule has 2 unspecified atom stereocenters. The molecule has 1 aliphatic rings. The third-order valence-corrected chi connectivity index (χ3v) is 5.46. The summed E-state index contributed by atoms with van der Waals surface area (Å²) >= 11 is 3.55. The lowest BCUT2D eigenvalue weighted by molar-refractivity contribution is 0.0172. The van der Waals surface area contributed by atoms with Crippen molar-refractivity contribution in [1.29, 1.82) is 0 Å². The third-order valence-electron chi connectivity index (χ3n) is 4.74. The fraction of sp³-hybridized carbons (Fsp3) is 0.333. The van der Waals surface area contributed by atoms with Crippen LogP contribution in [0.4, 0.5) is 0 Å². The van der Waals surface area contributed by atoms with Gasteiger partial charge < -0.3 is 10.8 Å². The maximum absolute atomic E-state index is 11.0. The van der Waals surface area contributed by atoms with Crippen molar-refractivity contribution in [3.8, 4) is 0 Å². The van der Waals surface area contributed by atoms with E-state index in [1.165, 1.54) is 11.1 Å². The molecular formula is C18H20BrNO. The molecule has 2 nitrogen and oxygen atoms in total. The van der Waals surface area contributed by atoms with Crippen molar-refractivity contribution < 1.29 is 5.11 Å². The van der Waals surface area contributed by atoms with Crippen LogP contribution in [0.25, 0.3) is 0 Å². The Bertz CT molecular complexity index is 643. The molecule has 0 spiro atoms. The number of hydrogen-bond acceptors (Lipinski definition) is 2. The summed E-state index contributed by atoms with van der Waals surface area (Å²) in [7, 11) is 0. The maximum atomic E-state index is 11.0. The van der Waals surface area contributed by atoms with Gasteiger partial charge in [-0.1, -0.05) is 58.4 Å². The van der Waals surface area contributed by atoms with Gasteiger partial charge in [0, 0.05) is 16.4 Å². The summed E-state index contributed by atoms with van der Waals surface area (Å²) in [6.07, 6.45) is 2.19. The van der Waals surface area contributed by atoms with Crippen LogP contribution in [0.5, 0.6) is 0 Å². The standard InChI is InChI=1S/C18H20BrNO/c19-16-8-4-3-7-15(16)17(21)18(12-20)10-9-13-5-1-2-6-14(13)11-18/h1-8,17,21H,9-12,20H2. The number of rotatable bonds is 3. The lowest BCUT2D eigenvalue weighted by Gasteiger charge is -2.41. The number of hydrogen-bond donors (Lipinski definition) is 2. The van der Waals surface area contributed by atoms with Crippen molar-refractivity contribution in [3.05, 3.63) is 69.7 Å². The highest BCUT2D eigenvalue weighted by Crippen LogP contribution is 2.45. The molecule has 0 amide bonds. The minimum atomic E-state index is -0.550. The summed E-state index contributed by atoms with van der Waals surface area (Å²) in [5.74, 6) is 0. The molecule has 3 heteroatoms. The average molecular weight is 346 g/mol. The SMILES string of the molecule is NCC1(C(O)c2ccccc2Br)CCc2ccccc2C1. The van der Waals surface area contributed by atoms with Gasteiger partial charge in [-0.2, -0.15) is 0 Å². The Kier molecular flexibility index (Phi) is 4.16. The lowest BCUT2D eigenvalue weighted by atomic mass is 9.66. The van der Waals surface area contributed by atoms with E-state index in [-0.39, 0.29) is 5.41 Å². The number of benzene rings is 2. The summed E-state index contributed by atoms with van der Waals surface area (Å²) in [6.45, 7) is 0.490. The third kappa shape index (κ3) is 2.66. The van der Waals surface area contributed by atoms with Crippen LogP contribution in [0, 0.1) is 5.41 Å². The van der Waals surface area contributed by atoms with E-state index in [0.29, 0.717) is 6.54 Å². The Labute approximate surface area is 134 Å². The lowest BCUT2D eigenvalue weighted by Crippen LogP contribution is -2.41. The fourth-order valence-electron chi connectivity index (χ4n) is 3.37. The Hall–Kier alpha value is -1.16. The molecular weight excluding hydrogens is 326 g/mol. The molecule has 21 heavy (non-hydrogen) atoms. The van der Waals surface area contributed by atoms with Crippen molar-refractivity contribution in [1.82, 2.24) is 0 Å². The van der Waals surface area contributed by atoms with Crippen molar-refractivity contribution >= 4 is 15.9 Å². The summed E-state index contributed by atoms with van der Waals surface area (Å²) in [4.78, 5) is 0. The molecule has 0 saturated carbocycles. The predicted molar refractivity (Wildman–Crippen MR) is 89.1 cm³/mol. The van der Waals surface area contributed by atoms with E-state index in [2.05, 4.69) is 40.2 Å². The highest BCUT2D eigenvalue weighted by Gasteiger charge is 2.40. The van der Waals surface area contributed by atoms with Crippen LogP contribution < -0.4 is 5.73 Å². The zero-order valence-electron chi connectivity index (χ0n) is 11.9. The number of fused-ring (bicyclic) bond motifs is 1. The predicted octanol–water partition coefficient (Wildman–Crippen LogP) is 3.62. The smallest absolute Gasteiger partial charge is 0.0872 e. The van der Waals surface area contributed by atoms with Crippen molar-refractivity contribution in [2.75, 3.05) is 6.54 Å². The quantitative estimate of drug-likeness (QED) is 0.892. The average Bonchev–Trinajstić information content (AvgIpc) is 2.54. The van der Waals surface area contributed by atoms with Gasteiger partial charge in [0.1, 0.15) is 0 Å². The Morgan fingerprint density at radius 3 is 2.48 bits per heavy atom. The van der Waals surface area contributed by atoms with Crippen molar-refractivity contribution in [3.63, 3.8) is 0 Å². The van der Waals surface area contributed by atoms with Gasteiger partial charge in [0.05, 0.1) is 6.10 Å². The van der Waals surface area contributed by atoms with Gasteiger partial charge in [0.25, 0.3) is 0 Å². The minimum absolute atomic E-state index is 0.280. The summed E-state index contributed by atoms with van der Waals surface area (Å²) in [5.41, 5.74) is 9.47. The Balaban J connectivity index is 1.97. The van der Waals surface area contributed by atoms with Gasteiger partial charge in [0.2, 0.25) is 0 Å². The first-order valence-corrected chi connectivity index (χ1v) is 8.15. The van der Waals surface area contributed by atoms with E-state index < -0.39 is 6.10 Å². The number of aliphatic hydroxyl groups excluding tert-OH is 1. The van der Waals surface area contributed by atoms with Gasteiger partial charge >= 0.3 is 0 Å². The molecule has 0 bridgehead atoms. The molecule has 110 valence electrons. The second-order valence-corrected chi connectivity index (χ2v) is 6.79. The van der Waals surface area contributed by atoms with Crippen LogP contribution in [0.2, 0.25) is 0 Å². The normalized spacial score (nSPS) is 22.6. The van der Waals surface area contributed by atoms with E-state index in [1.54, 1.807) is 0 Å². The largest absolute Gasteiger partial charge is 0.388 e. The second-order valence-electron chi connectivity index (χ2n) is 5.94. The summed E-state index contributed by atoms with van der Waals surface area (Å²) in [6, 6.07) is 16.4. The molecule has 0 radical (unpaired) electrons. The molecule has 2 atom stereocenters. The van der Waals surface area contributed by atoms with E-state index in [1.807, 2.05) is 24.3 Å². The first kappa shape index (κ1) is 14.8. The monoisotopic (exact) mass is 345 g/mol. The van der Waals surface area contributed by atoms with Gasteiger partial charge in [-0.05, 0) is 42.0 Å². The highest BCUT2D eigenvalue weighted by molar-refractivity contribution is 9.10. The number of aryl methyl sites for hydroxylation is 1. The molecule has 0 fully saturated rings. The molecule has 2 aromatic rings. The van der Waals surface area contributed by atoms with E-state index in [0.717, 1.165) is 29.3 Å². The van der Waals surface area contributed by atoms with Gasteiger partial charge in [-0.15, -0.1) is 0 Å². The van der Waals surface area contributed by atoms with Crippen LogP contribution in [-0.4, -0.2) is 11.7 Å². The van der Waals surface area contributed by atoms with E-state index >= 15 is 0 Å². The molecule has 0 aliphatic heterocycles. The van der Waals surface area contributed by atoms with Crippen LogP contribution in [0.3, 0.4) is 0 Å². The number of aliphatic hydroxyl groups is 1. The van der Waals surface area contributed by atoms with Gasteiger partial charge in [-0.3, -0.25) is 0 Å². The number of halogens is 1. The van der Waals surface area contributed by atoms with Gasteiger partial charge in [-0.25, -0.2) is 0 Å². The molecule has 3 N–H and O–H groups in total. The molecule has 3 rings (SSSR count). The van der Waals surface area contributed by atoms with Crippen LogP contribution >= 0.6 is 15.9 Å². The molecule has 1 aliphatic carbocycles. The first-order valence-electron chi connectivity index (χ1n) is 7.36. The Morgan fingerprint density at radius 2 is 1.76 bits per heavy atom. The molecule has 2 aromatic carbocycles. The van der Waals surface area contributed by atoms with Crippen LogP contribution in [-0.2, 0) is 12.8 Å². The van der Waals surface area contributed by atoms with Crippen molar-refractivity contribution in [2.45, 2.75) is 25.4 Å². The maximum Gasteiger partial charge on any atom is 0.0872 e. The zero-order valence-corrected chi connectivity index (χ0v) is 13.5. The molecule has 0 saturated heterocycles. The topological polar surface area (TPSA) is 46.2 Å². The van der Waals surface area contributed by atoms with E-state index in [9.17, 15) is 5.11 Å². The van der Waals surface area contributed by atoms with Crippen molar-refractivity contribution in [2.24, 2.45) is 11.1 Å². The molecule has 0 heterocycles. The Morgan fingerprint density at radius 1 is 1.10 bits per heavy atom. The fourth-order valence-corrected chi connectivity index (χ4v) is 3.87. The first-order chi connectivity index (χ1) is 10.2.